The molecule has 2 nitrogen and oxygen atoms in total. The van der Waals surface area contributed by atoms with Crippen LogP contribution in [-0.2, 0) is 4.74 Å². The first-order valence-corrected chi connectivity index (χ1v) is 7.15. The van der Waals surface area contributed by atoms with E-state index in [0.717, 1.165) is 11.5 Å². The van der Waals surface area contributed by atoms with Gasteiger partial charge in [0.1, 0.15) is 12.6 Å². The summed E-state index contributed by atoms with van der Waals surface area (Å²) in [6.07, 6.45) is 0. The number of fused-ring (bicyclic) bond motifs is 1. The van der Waals surface area contributed by atoms with Crippen LogP contribution in [0.3, 0.4) is 0 Å². The maximum atomic E-state index is 5.77. The molecule has 0 saturated carbocycles. The first-order valence-electron chi connectivity index (χ1n) is 7.15. The molecular weight excluding hydrogens is 258 g/mol. The van der Waals surface area contributed by atoms with Gasteiger partial charge in [-0.05, 0) is 34.5 Å². The lowest BCUT2D eigenvalue weighted by Crippen LogP contribution is -2.00. The fourth-order valence-corrected chi connectivity index (χ4v) is 2.70. The fraction of sp³-hybridized carbons (Fsp3) is 0.105. The average molecular weight is 273 g/mol. The number of rotatable bonds is 2. The van der Waals surface area contributed by atoms with Gasteiger partial charge in [-0.25, -0.2) is 4.99 Å². The van der Waals surface area contributed by atoms with Crippen LogP contribution in [0.4, 0.5) is 0 Å². The standard InChI is InChI=1S/C19H15NO/c1-2-7-15(8-3-1)19-20-18(13-21-19)17-11-10-14-6-4-5-9-16(14)12-17/h1-12,18H,13H2/t18-/m0/s1. The Morgan fingerprint density at radius 1 is 0.810 bits per heavy atom. The Labute approximate surface area is 123 Å². The molecule has 0 bridgehead atoms. The van der Waals surface area contributed by atoms with Gasteiger partial charge in [0.2, 0.25) is 5.90 Å². The van der Waals surface area contributed by atoms with Crippen LogP contribution in [0.2, 0.25) is 0 Å². The molecule has 0 radical (unpaired) electrons. The molecule has 4 rings (SSSR count). The Hall–Kier alpha value is -2.61. The van der Waals surface area contributed by atoms with E-state index in [0.29, 0.717) is 6.61 Å². The van der Waals surface area contributed by atoms with E-state index in [9.17, 15) is 0 Å². The molecule has 3 aromatic carbocycles. The zero-order valence-electron chi connectivity index (χ0n) is 11.6. The van der Waals surface area contributed by atoms with Gasteiger partial charge in [0.05, 0.1) is 0 Å². The Morgan fingerprint density at radius 3 is 2.43 bits per heavy atom. The van der Waals surface area contributed by atoms with E-state index >= 15 is 0 Å². The molecule has 0 N–H and O–H groups in total. The Bertz CT molecular complexity index is 808. The zero-order chi connectivity index (χ0) is 14.1. The second-order valence-electron chi connectivity index (χ2n) is 5.23. The van der Waals surface area contributed by atoms with Crippen LogP contribution in [0.5, 0.6) is 0 Å². The summed E-state index contributed by atoms with van der Waals surface area (Å²) in [6, 6.07) is 25.1. The predicted octanol–water partition coefficient (Wildman–Crippen LogP) is 4.36. The van der Waals surface area contributed by atoms with E-state index in [4.69, 9.17) is 9.73 Å². The first kappa shape index (κ1) is 12.2. The number of nitrogens with zero attached hydrogens (tertiary/aromatic N) is 1. The van der Waals surface area contributed by atoms with Crippen molar-refractivity contribution in [3.05, 3.63) is 83.9 Å². The van der Waals surface area contributed by atoms with Gasteiger partial charge in [-0.15, -0.1) is 0 Å². The van der Waals surface area contributed by atoms with Crippen molar-refractivity contribution in [3.8, 4) is 0 Å². The van der Waals surface area contributed by atoms with E-state index in [1.54, 1.807) is 0 Å². The van der Waals surface area contributed by atoms with Crippen molar-refractivity contribution in [2.24, 2.45) is 4.99 Å². The van der Waals surface area contributed by atoms with E-state index in [1.807, 2.05) is 30.3 Å². The van der Waals surface area contributed by atoms with Crippen LogP contribution in [0.1, 0.15) is 17.2 Å². The molecule has 102 valence electrons. The topological polar surface area (TPSA) is 21.6 Å². The predicted molar refractivity (Wildman–Crippen MR) is 85.6 cm³/mol. The highest BCUT2D eigenvalue weighted by Gasteiger charge is 2.21. The van der Waals surface area contributed by atoms with Crippen LogP contribution in [0.15, 0.2) is 77.8 Å². The van der Waals surface area contributed by atoms with Gasteiger partial charge in [0.25, 0.3) is 0 Å². The van der Waals surface area contributed by atoms with Gasteiger partial charge in [0.15, 0.2) is 0 Å². The Morgan fingerprint density at radius 2 is 1.57 bits per heavy atom. The lowest BCUT2D eigenvalue weighted by atomic mass is 10.0. The summed E-state index contributed by atoms with van der Waals surface area (Å²) in [7, 11) is 0. The van der Waals surface area contributed by atoms with E-state index in [1.165, 1.54) is 16.3 Å². The second-order valence-corrected chi connectivity index (χ2v) is 5.23. The number of benzene rings is 3. The molecule has 1 aliphatic rings. The van der Waals surface area contributed by atoms with Gasteiger partial charge < -0.3 is 4.74 Å². The molecule has 0 amide bonds. The summed E-state index contributed by atoms with van der Waals surface area (Å²) in [4.78, 5) is 4.73. The zero-order valence-corrected chi connectivity index (χ0v) is 11.6. The highest BCUT2D eigenvalue weighted by atomic mass is 16.5. The summed E-state index contributed by atoms with van der Waals surface area (Å²) in [5.41, 5.74) is 2.25. The van der Waals surface area contributed by atoms with E-state index in [2.05, 4.69) is 42.5 Å². The van der Waals surface area contributed by atoms with Crippen molar-refractivity contribution < 1.29 is 4.74 Å². The summed E-state index contributed by atoms with van der Waals surface area (Å²) >= 11 is 0. The molecule has 3 aromatic rings. The molecule has 1 atom stereocenters. The molecule has 1 aliphatic heterocycles. The molecule has 2 heteroatoms. The smallest absolute Gasteiger partial charge is 0.216 e. The van der Waals surface area contributed by atoms with Crippen molar-refractivity contribution in [1.82, 2.24) is 0 Å². The molecular formula is C19H15NO. The number of ether oxygens (including phenoxy) is 1. The maximum absolute atomic E-state index is 5.77. The van der Waals surface area contributed by atoms with Crippen LogP contribution >= 0.6 is 0 Å². The molecule has 21 heavy (non-hydrogen) atoms. The van der Waals surface area contributed by atoms with Gasteiger partial charge in [-0.3, -0.25) is 0 Å². The van der Waals surface area contributed by atoms with E-state index in [-0.39, 0.29) is 6.04 Å². The van der Waals surface area contributed by atoms with Crippen LogP contribution in [-0.4, -0.2) is 12.5 Å². The highest BCUT2D eigenvalue weighted by Crippen LogP contribution is 2.27. The van der Waals surface area contributed by atoms with Crippen LogP contribution in [0, 0.1) is 0 Å². The summed E-state index contributed by atoms with van der Waals surface area (Å²) in [5.74, 6) is 0.744. The molecule has 1 heterocycles. The second kappa shape index (κ2) is 5.06. The lowest BCUT2D eigenvalue weighted by molar-refractivity contribution is 0.320. The van der Waals surface area contributed by atoms with Crippen molar-refractivity contribution in [3.63, 3.8) is 0 Å². The minimum absolute atomic E-state index is 0.0878. The first-order chi connectivity index (χ1) is 10.4. The quantitative estimate of drug-likeness (QED) is 0.680. The SMILES string of the molecule is c1ccc(C2=N[C@H](c3ccc4ccccc4c3)CO2)cc1. The number of hydrogen-bond acceptors (Lipinski definition) is 2. The third kappa shape index (κ3) is 2.29. The van der Waals surface area contributed by atoms with Gasteiger partial charge >= 0.3 is 0 Å². The van der Waals surface area contributed by atoms with Crippen molar-refractivity contribution in [1.29, 1.82) is 0 Å². The minimum Gasteiger partial charge on any atom is -0.475 e. The third-order valence-electron chi connectivity index (χ3n) is 3.83. The monoisotopic (exact) mass is 273 g/mol. The van der Waals surface area contributed by atoms with Crippen molar-refractivity contribution >= 4 is 16.7 Å². The highest BCUT2D eigenvalue weighted by molar-refractivity contribution is 5.95. The summed E-state index contributed by atoms with van der Waals surface area (Å²) in [5, 5.41) is 2.51. The van der Waals surface area contributed by atoms with Crippen molar-refractivity contribution in [2.75, 3.05) is 6.61 Å². The van der Waals surface area contributed by atoms with Crippen LogP contribution in [0.25, 0.3) is 10.8 Å². The van der Waals surface area contributed by atoms with Crippen LogP contribution < -0.4 is 0 Å². The average Bonchev–Trinajstić information content (AvgIpc) is 3.05. The minimum atomic E-state index is 0.0878. The molecule has 0 spiro atoms. The Balaban J connectivity index is 1.68. The maximum Gasteiger partial charge on any atom is 0.216 e. The molecule has 0 unspecified atom stereocenters. The lowest BCUT2D eigenvalue weighted by Gasteiger charge is -2.06. The third-order valence-corrected chi connectivity index (χ3v) is 3.83. The van der Waals surface area contributed by atoms with Gasteiger partial charge in [0, 0.05) is 5.56 Å². The fourth-order valence-electron chi connectivity index (χ4n) is 2.70. The van der Waals surface area contributed by atoms with Gasteiger partial charge in [-0.2, -0.15) is 0 Å². The largest absolute Gasteiger partial charge is 0.475 e. The number of hydrogen-bond donors (Lipinski definition) is 0. The normalized spacial score (nSPS) is 17.5. The molecule has 0 fully saturated rings. The molecule has 0 saturated heterocycles. The Kier molecular flexibility index (Phi) is 2.93. The number of aliphatic imine (C=N–C) groups is 1. The summed E-state index contributed by atoms with van der Waals surface area (Å²) < 4.78 is 5.77. The summed E-state index contributed by atoms with van der Waals surface area (Å²) in [6.45, 7) is 0.614. The molecule has 0 aromatic heterocycles. The molecule has 0 aliphatic carbocycles. The van der Waals surface area contributed by atoms with Crippen molar-refractivity contribution in [2.45, 2.75) is 6.04 Å². The van der Waals surface area contributed by atoms with E-state index < -0.39 is 0 Å². The van der Waals surface area contributed by atoms with Gasteiger partial charge in [-0.1, -0.05) is 54.6 Å².